The molecule has 0 spiro atoms. The fourth-order valence-electron chi connectivity index (χ4n) is 3.24. The molecule has 2 heteroatoms. The zero-order chi connectivity index (χ0) is 12.1. The van der Waals surface area contributed by atoms with Gasteiger partial charge in [0.2, 0.25) is 0 Å². The van der Waals surface area contributed by atoms with E-state index >= 15 is 0 Å². The van der Waals surface area contributed by atoms with Crippen LogP contribution in [0.1, 0.15) is 51.4 Å². The Labute approximate surface area is 105 Å². The summed E-state index contributed by atoms with van der Waals surface area (Å²) in [6.45, 7) is 0.247. The number of hydrogen-bond donors (Lipinski definition) is 2. The van der Waals surface area contributed by atoms with Crippen LogP contribution in [0, 0.1) is 11.8 Å². The van der Waals surface area contributed by atoms with E-state index in [2.05, 4.69) is 6.08 Å². The minimum atomic E-state index is 0.247. The van der Waals surface area contributed by atoms with E-state index in [9.17, 15) is 5.11 Å². The summed E-state index contributed by atoms with van der Waals surface area (Å²) in [4.78, 5) is 0. The Kier molecular flexibility index (Phi) is 4.66. The van der Waals surface area contributed by atoms with E-state index in [1.165, 1.54) is 50.5 Å². The van der Waals surface area contributed by atoms with Crippen molar-refractivity contribution >= 4 is 0 Å². The van der Waals surface area contributed by atoms with E-state index in [1.54, 1.807) is 0 Å². The van der Waals surface area contributed by atoms with Crippen molar-refractivity contribution in [2.75, 3.05) is 6.61 Å². The van der Waals surface area contributed by atoms with Crippen molar-refractivity contribution in [3.8, 4) is 0 Å². The molecule has 1 atom stereocenters. The molecule has 1 saturated carbocycles. The summed E-state index contributed by atoms with van der Waals surface area (Å²) in [6, 6.07) is 0. The van der Waals surface area contributed by atoms with Gasteiger partial charge in [0.25, 0.3) is 0 Å². The highest BCUT2D eigenvalue weighted by atomic mass is 16.3. The van der Waals surface area contributed by atoms with Crippen molar-refractivity contribution in [2.24, 2.45) is 17.6 Å². The Hall–Kier alpha value is -0.760. The van der Waals surface area contributed by atoms with Gasteiger partial charge in [-0.15, -0.1) is 0 Å². The van der Waals surface area contributed by atoms with Gasteiger partial charge in [0, 0.05) is 18.2 Å². The quantitative estimate of drug-likeness (QED) is 0.772. The van der Waals surface area contributed by atoms with Gasteiger partial charge in [-0.1, -0.05) is 43.8 Å². The van der Waals surface area contributed by atoms with Crippen LogP contribution in [0.3, 0.4) is 0 Å². The zero-order valence-electron chi connectivity index (χ0n) is 10.7. The Morgan fingerprint density at radius 2 is 1.71 bits per heavy atom. The first-order chi connectivity index (χ1) is 8.31. The van der Waals surface area contributed by atoms with E-state index in [0.29, 0.717) is 5.92 Å². The van der Waals surface area contributed by atoms with Gasteiger partial charge >= 0.3 is 0 Å². The first kappa shape index (κ1) is 12.7. The molecular weight excluding hydrogens is 210 g/mol. The third-order valence-electron chi connectivity index (χ3n) is 4.24. The first-order valence-electron chi connectivity index (χ1n) is 7.08. The average Bonchev–Trinajstić information content (AvgIpc) is 2.29. The van der Waals surface area contributed by atoms with Gasteiger partial charge in [0.1, 0.15) is 0 Å². The third-order valence-corrected chi connectivity index (χ3v) is 4.24. The molecule has 0 amide bonds. The van der Waals surface area contributed by atoms with Gasteiger partial charge in [0.05, 0.1) is 0 Å². The van der Waals surface area contributed by atoms with Crippen molar-refractivity contribution in [3.63, 3.8) is 0 Å². The summed E-state index contributed by atoms with van der Waals surface area (Å²) >= 11 is 0. The maximum absolute atomic E-state index is 9.51. The van der Waals surface area contributed by atoms with Crippen molar-refractivity contribution < 1.29 is 5.11 Å². The lowest BCUT2D eigenvalue weighted by molar-refractivity contribution is 0.230. The van der Waals surface area contributed by atoms with E-state index in [-0.39, 0.29) is 12.5 Å². The van der Waals surface area contributed by atoms with Gasteiger partial charge < -0.3 is 10.8 Å². The monoisotopic (exact) mass is 235 g/mol. The number of hydrogen-bond acceptors (Lipinski definition) is 2. The van der Waals surface area contributed by atoms with Gasteiger partial charge in [-0.3, -0.25) is 0 Å². The molecule has 2 aliphatic carbocycles. The molecule has 2 nitrogen and oxygen atoms in total. The highest BCUT2D eigenvalue weighted by molar-refractivity contribution is 5.27. The Balaban J connectivity index is 2.06. The van der Waals surface area contributed by atoms with Crippen molar-refractivity contribution in [3.05, 3.63) is 23.4 Å². The summed E-state index contributed by atoms with van der Waals surface area (Å²) in [5.74, 6) is 0.973. The van der Waals surface area contributed by atoms with Crippen LogP contribution in [0.2, 0.25) is 0 Å². The van der Waals surface area contributed by atoms with E-state index in [4.69, 9.17) is 5.73 Å². The molecule has 0 bridgehead atoms. The summed E-state index contributed by atoms with van der Waals surface area (Å²) in [5.41, 5.74) is 8.23. The molecule has 2 aliphatic rings. The fourth-order valence-corrected chi connectivity index (χ4v) is 3.24. The van der Waals surface area contributed by atoms with Crippen LogP contribution in [-0.4, -0.2) is 11.7 Å². The van der Waals surface area contributed by atoms with Crippen LogP contribution in [-0.2, 0) is 0 Å². The smallest absolute Gasteiger partial charge is 0.0500 e. The van der Waals surface area contributed by atoms with Gasteiger partial charge in [0.15, 0.2) is 0 Å². The maximum Gasteiger partial charge on any atom is 0.0500 e. The average molecular weight is 235 g/mol. The van der Waals surface area contributed by atoms with Crippen molar-refractivity contribution in [2.45, 2.75) is 51.4 Å². The SMILES string of the molecule is NC1=CC=C(C2CCCCCCC2)C(CO)C1. The summed E-state index contributed by atoms with van der Waals surface area (Å²) < 4.78 is 0. The predicted molar refractivity (Wildman–Crippen MR) is 71.4 cm³/mol. The normalized spacial score (nSPS) is 27.9. The Bertz CT molecular complexity index is 298. The molecule has 0 aliphatic heterocycles. The first-order valence-corrected chi connectivity index (χ1v) is 7.08. The lowest BCUT2D eigenvalue weighted by atomic mass is 9.77. The van der Waals surface area contributed by atoms with Crippen molar-refractivity contribution in [1.82, 2.24) is 0 Å². The lowest BCUT2D eigenvalue weighted by Crippen LogP contribution is -2.22. The molecule has 0 aromatic rings. The second kappa shape index (κ2) is 6.25. The number of allylic oxidation sites excluding steroid dienone is 3. The highest BCUT2D eigenvalue weighted by Gasteiger charge is 2.24. The Morgan fingerprint density at radius 1 is 1.06 bits per heavy atom. The fraction of sp³-hybridized carbons (Fsp3) is 0.733. The van der Waals surface area contributed by atoms with E-state index < -0.39 is 0 Å². The summed E-state index contributed by atoms with van der Waals surface area (Å²) in [5, 5.41) is 9.51. The van der Waals surface area contributed by atoms with Crippen LogP contribution in [0.25, 0.3) is 0 Å². The van der Waals surface area contributed by atoms with Gasteiger partial charge in [-0.25, -0.2) is 0 Å². The van der Waals surface area contributed by atoms with Crippen LogP contribution in [0.15, 0.2) is 23.4 Å². The molecule has 0 aromatic carbocycles. The van der Waals surface area contributed by atoms with Crippen LogP contribution >= 0.6 is 0 Å². The van der Waals surface area contributed by atoms with Crippen LogP contribution in [0.4, 0.5) is 0 Å². The molecule has 96 valence electrons. The van der Waals surface area contributed by atoms with Gasteiger partial charge in [-0.05, 0) is 31.3 Å². The number of aliphatic hydroxyl groups excluding tert-OH is 1. The van der Waals surface area contributed by atoms with E-state index in [0.717, 1.165) is 12.1 Å². The molecule has 0 heterocycles. The molecule has 17 heavy (non-hydrogen) atoms. The molecule has 0 radical (unpaired) electrons. The predicted octanol–water partition coefficient (Wildman–Crippen LogP) is 3.13. The molecule has 2 rings (SSSR count). The molecule has 1 unspecified atom stereocenters. The Morgan fingerprint density at radius 3 is 2.35 bits per heavy atom. The van der Waals surface area contributed by atoms with E-state index in [1.807, 2.05) is 6.08 Å². The minimum absolute atomic E-state index is 0.247. The molecule has 3 N–H and O–H groups in total. The lowest BCUT2D eigenvalue weighted by Gasteiger charge is -2.30. The molecule has 0 aromatic heterocycles. The van der Waals surface area contributed by atoms with Gasteiger partial charge in [-0.2, -0.15) is 0 Å². The topological polar surface area (TPSA) is 46.2 Å². The third kappa shape index (κ3) is 3.35. The maximum atomic E-state index is 9.51. The van der Waals surface area contributed by atoms with Crippen LogP contribution < -0.4 is 5.73 Å². The molecule has 0 saturated heterocycles. The second-order valence-corrected chi connectivity index (χ2v) is 5.53. The zero-order valence-corrected chi connectivity index (χ0v) is 10.7. The number of nitrogens with two attached hydrogens (primary N) is 1. The largest absolute Gasteiger partial charge is 0.402 e. The van der Waals surface area contributed by atoms with Crippen LogP contribution in [0.5, 0.6) is 0 Å². The standard InChI is InChI=1S/C15H25NO/c16-14-8-9-15(13(10-14)11-17)12-6-4-2-1-3-5-7-12/h8-9,12-13,17H,1-7,10-11,16H2. The summed E-state index contributed by atoms with van der Waals surface area (Å²) in [6.07, 6.45) is 14.5. The molecular formula is C15H25NO. The minimum Gasteiger partial charge on any atom is -0.402 e. The highest BCUT2D eigenvalue weighted by Crippen LogP contribution is 2.35. The van der Waals surface area contributed by atoms with Crippen molar-refractivity contribution in [1.29, 1.82) is 0 Å². The second-order valence-electron chi connectivity index (χ2n) is 5.53. The summed E-state index contributed by atoms with van der Waals surface area (Å²) in [7, 11) is 0. The number of aliphatic hydroxyl groups is 1. The number of rotatable bonds is 2. The molecule has 1 fully saturated rings.